The van der Waals surface area contributed by atoms with E-state index in [2.05, 4.69) is 36.9 Å². The molecule has 0 atom stereocenters. The second-order valence-corrected chi connectivity index (χ2v) is 12.8. The molecule has 0 N–H and O–H groups in total. The molecule has 2 aromatic carbocycles. The summed E-state index contributed by atoms with van der Waals surface area (Å²) in [5.41, 5.74) is 5.44. The van der Waals surface area contributed by atoms with Crippen LogP contribution in [0.1, 0.15) is 42.9 Å². The van der Waals surface area contributed by atoms with Gasteiger partial charge in [-0.25, -0.2) is 8.42 Å². The lowest BCUT2D eigenvalue weighted by atomic mass is 9.96. The van der Waals surface area contributed by atoms with Gasteiger partial charge in [-0.2, -0.15) is 4.31 Å². The number of aryl methyl sites for hydroxylation is 3. The Balaban J connectivity index is 1.18. The molecule has 38 heavy (non-hydrogen) atoms. The molecular weight excluding hydrogens is 500 g/mol. The normalized spacial score (nSPS) is 19.4. The van der Waals surface area contributed by atoms with Crippen LogP contribution >= 0.6 is 0 Å². The molecule has 2 aromatic rings. The molecule has 204 valence electrons. The molecule has 0 aliphatic carbocycles. The lowest BCUT2D eigenvalue weighted by Gasteiger charge is -2.39. The molecule has 0 bridgehead atoms. The molecule has 3 aliphatic heterocycles. The van der Waals surface area contributed by atoms with Crippen molar-refractivity contribution in [2.75, 3.05) is 55.6 Å². The summed E-state index contributed by atoms with van der Waals surface area (Å²) >= 11 is 0. The van der Waals surface area contributed by atoms with Crippen LogP contribution in [0.15, 0.2) is 41.3 Å². The zero-order chi connectivity index (χ0) is 27.0. The van der Waals surface area contributed by atoms with E-state index in [1.165, 1.54) is 28.0 Å². The second-order valence-electron chi connectivity index (χ2n) is 10.8. The highest BCUT2D eigenvalue weighted by Crippen LogP contribution is 2.32. The van der Waals surface area contributed by atoms with Crippen LogP contribution in [0.3, 0.4) is 0 Å². The molecule has 9 heteroatoms. The Labute approximate surface area is 226 Å². The number of piperazine rings is 1. The maximum Gasteiger partial charge on any atom is 0.243 e. The SMILES string of the molecule is CC(=O)N1CCCc2cc(S(=O)(=O)N3CCC(C(=O)N4CCN(c5cc(C)ccc5C)CC4)CC3)ccc21. The smallest absolute Gasteiger partial charge is 0.243 e. The van der Waals surface area contributed by atoms with E-state index in [4.69, 9.17) is 0 Å². The first-order valence-electron chi connectivity index (χ1n) is 13.7. The van der Waals surface area contributed by atoms with E-state index >= 15 is 0 Å². The van der Waals surface area contributed by atoms with Crippen molar-refractivity contribution in [3.8, 4) is 0 Å². The van der Waals surface area contributed by atoms with E-state index in [-0.39, 0.29) is 22.6 Å². The quantitative estimate of drug-likeness (QED) is 0.597. The zero-order valence-electron chi connectivity index (χ0n) is 22.6. The van der Waals surface area contributed by atoms with Gasteiger partial charge < -0.3 is 14.7 Å². The van der Waals surface area contributed by atoms with Crippen LogP contribution in [0, 0.1) is 19.8 Å². The van der Waals surface area contributed by atoms with Crippen molar-refractivity contribution in [1.82, 2.24) is 9.21 Å². The number of carbonyl (C=O) groups is 2. The Bertz CT molecular complexity index is 1330. The minimum Gasteiger partial charge on any atom is -0.368 e. The van der Waals surface area contributed by atoms with Gasteiger partial charge >= 0.3 is 0 Å². The third-order valence-corrected chi connectivity index (χ3v) is 10.2. The Morgan fingerprint density at radius 2 is 1.55 bits per heavy atom. The maximum atomic E-state index is 13.4. The molecule has 2 fully saturated rings. The summed E-state index contributed by atoms with van der Waals surface area (Å²) in [6.45, 7) is 10.1. The molecule has 3 aliphatic rings. The summed E-state index contributed by atoms with van der Waals surface area (Å²) in [6.07, 6.45) is 2.66. The van der Waals surface area contributed by atoms with E-state index in [0.29, 0.717) is 45.6 Å². The van der Waals surface area contributed by atoms with Gasteiger partial charge in [0.05, 0.1) is 4.90 Å². The average Bonchev–Trinajstić information content (AvgIpc) is 2.93. The van der Waals surface area contributed by atoms with E-state index in [9.17, 15) is 18.0 Å². The van der Waals surface area contributed by atoms with Gasteiger partial charge in [-0.05, 0) is 80.5 Å². The van der Waals surface area contributed by atoms with Crippen molar-refractivity contribution in [2.24, 2.45) is 5.92 Å². The van der Waals surface area contributed by atoms with Gasteiger partial charge in [-0.1, -0.05) is 12.1 Å². The summed E-state index contributed by atoms with van der Waals surface area (Å²) in [6, 6.07) is 11.6. The van der Waals surface area contributed by atoms with Gasteiger partial charge in [0.25, 0.3) is 0 Å². The number of piperidine rings is 1. The van der Waals surface area contributed by atoms with E-state index in [0.717, 1.165) is 37.2 Å². The minimum atomic E-state index is -3.65. The number of anilines is 2. The Morgan fingerprint density at radius 1 is 0.842 bits per heavy atom. The number of amides is 2. The predicted octanol–water partition coefficient (Wildman–Crippen LogP) is 3.35. The number of rotatable bonds is 4. The molecule has 5 rings (SSSR count). The van der Waals surface area contributed by atoms with Crippen LogP contribution in [0.5, 0.6) is 0 Å². The number of carbonyl (C=O) groups excluding carboxylic acids is 2. The highest BCUT2D eigenvalue weighted by molar-refractivity contribution is 7.89. The molecule has 0 aromatic heterocycles. The third kappa shape index (κ3) is 5.18. The fraction of sp³-hybridized carbons (Fsp3) is 0.517. The van der Waals surface area contributed by atoms with Gasteiger partial charge in [0, 0.05) is 70.0 Å². The van der Waals surface area contributed by atoms with Crippen LogP contribution < -0.4 is 9.80 Å². The van der Waals surface area contributed by atoms with E-state index < -0.39 is 10.0 Å². The molecule has 3 heterocycles. The van der Waals surface area contributed by atoms with Gasteiger partial charge in [-0.3, -0.25) is 9.59 Å². The van der Waals surface area contributed by atoms with Crippen molar-refractivity contribution in [3.63, 3.8) is 0 Å². The fourth-order valence-electron chi connectivity index (χ4n) is 6.04. The van der Waals surface area contributed by atoms with Crippen molar-refractivity contribution < 1.29 is 18.0 Å². The predicted molar refractivity (Wildman–Crippen MR) is 149 cm³/mol. The number of sulfonamides is 1. The zero-order valence-corrected chi connectivity index (χ0v) is 23.5. The van der Waals surface area contributed by atoms with Crippen LogP contribution in [-0.2, 0) is 26.0 Å². The first-order valence-corrected chi connectivity index (χ1v) is 15.1. The number of nitrogens with zero attached hydrogens (tertiary/aromatic N) is 4. The summed E-state index contributed by atoms with van der Waals surface area (Å²) < 4.78 is 28.4. The number of benzene rings is 2. The molecule has 2 saturated heterocycles. The topological polar surface area (TPSA) is 81.2 Å². The minimum absolute atomic E-state index is 0.0278. The summed E-state index contributed by atoms with van der Waals surface area (Å²) in [4.78, 5) is 31.6. The lowest BCUT2D eigenvalue weighted by molar-refractivity contribution is -0.137. The second kappa shape index (κ2) is 10.7. The molecule has 2 amide bonds. The van der Waals surface area contributed by atoms with Crippen LogP contribution in [0.25, 0.3) is 0 Å². The Morgan fingerprint density at radius 3 is 2.24 bits per heavy atom. The number of hydrogen-bond donors (Lipinski definition) is 0. The summed E-state index contributed by atoms with van der Waals surface area (Å²) in [5.74, 6) is -0.0119. The number of fused-ring (bicyclic) bond motifs is 1. The molecular formula is C29H38N4O4S. The maximum absolute atomic E-state index is 13.4. The van der Waals surface area contributed by atoms with Gasteiger partial charge in [0.15, 0.2) is 0 Å². The average molecular weight is 539 g/mol. The van der Waals surface area contributed by atoms with Crippen molar-refractivity contribution in [1.29, 1.82) is 0 Å². The van der Waals surface area contributed by atoms with Crippen LogP contribution in [0.4, 0.5) is 11.4 Å². The van der Waals surface area contributed by atoms with Crippen LogP contribution in [0.2, 0.25) is 0 Å². The lowest BCUT2D eigenvalue weighted by Crippen LogP contribution is -2.52. The summed E-state index contributed by atoms with van der Waals surface area (Å²) in [5, 5.41) is 0. The standard InChI is InChI=1S/C29H38N4O4S/c1-21-6-7-22(2)28(19-21)30-15-17-31(18-16-30)29(35)24-10-13-32(14-11-24)38(36,37)26-8-9-27-25(20-26)5-4-12-33(27)23(3)34/h6-9,19-20,24H,4-5,10-18H2,1-3H3. The fourth-order valence-corrected chi connectivity index (χ4v) is 7.56. The van der Waals surface area contributed by atoms with Crippen molar-refractivity contribution in [2.45, 2.75) is 51.3 Å². The highest BCUT2D eigenvalue weighted by atomic mass is 32.2. The first kappa shape index (κ1) is 26.7. The van der Waals surface area contributed by atoms with E-state index in [1.807, 2.05) is 4.90 Å². The molecule has 8 nitrogen and oxygen atoms in total. The number of hydrogen-bond acceptors (Lipinski definition) is 5. The van der Waals surface area contributed by atoms with Crippen LogP contribution in [-0.4, -0.2) is 75.3 Å². The molecule has 0 unspecified atom stereocenters. The Hall–Kier alpha value is -2.91. The van der Waals surface area contributed by atoms with E-state index in [1.54, 1.807) is 23.1 Å². The van der Waals surface area contributed by atoms with Gasteiger partial charge in [0.2, 0.25) is 21.8 Å². The highest BCUT2D eigenvalue weighted by Gasteiger charge is 2.35. The molecule has 0 spiro atoms. The first-order chi connectivity index (χ1) is 18.1. The largest absolute Gasteiger partial charge is 0.368 e. The monoisotopic (exact) mass is 538 g/mol. The third-order valence-electron chi connectivity index (χ3n) is 8.29. The summed E-state index contributed by atoms with van der Waals surface area (Å²) in [7, 11) is -3.65. The Kier molecular flexibility index (Phi) is 7.51. The van der Waals surface area contributed by atoms with Crippen molar-refractivity contribution in [3.05, 3.63) is 53.1 Å². The van der Waals surface area contributed by atoms with Gasteiger partial charge in [-0.15, -0.1) is 0 Å². The van der Waals surface area contributed by atoms with Gasteiger partial charge in [0.1, 0.15) is 0 Å². The van der Waals surface area contributed by atoms with Crippen molar-refractivity contribution >= 4 is 33.2 Å². The molecule has 0 radical (unpaired) electrons. The molecule has 0 saturated carbocycles.